The fraction of sp³-hybridized carbons (Fsp3) is 0.606. The molecule has 0 bridgehead atoms. The predicted molar refractivity (Wildman–Crippen MR) is 183 cm³/mol. The standard InChI is InChI=1S/C33H50N3O11PS/c1-6-45-48(39,46-7-2)22-24-8-10-25(11-9-24)34-18-29(35-33(38)47-31-21-44-32-28(31)16-17-43-32)30(37)20-36(19-23(3)4)49(40,41)27-14-12-26(42-5)13-15-27/h8-15,23,28-32,34,37H,6-7,16-22H2,1-5H3,(H,35,38)/t28-,29-,30+,31-,32+/m0/s1. The first-order chi connectivity index (χ1) is 23.4. The second-order valence-electron chi connectivity index (χ2n) is 12.4. The highest BCUT2D eigenvalue weighted by atomic mass is 32.2. The molecule has 2 aliphatic heterocycles. The molecule has 0 aromatic heterocycles. The number of hydrogen-bond donors (Lipinski definition) is 3. The number of aliphatic hydroxyl groups excluding tert-OH is 1. The Morgan fingerprint density at radius 1 is 1.04 bits per heavy atom. The molecule has 5 atom stereocenters. The molecule has 2 aromatic rings. The van der Waals surface area contributed by atoms with E-state index in [0.29, 0.717) is 24.5 Å². The Kier molecular flexibility index (Phi) is 14.3. The molecule has 274 valence electrons. The Bertz CT molecular complexity index is 1480. The van der Waals surface area contributed by atoms with Crippen LogP contribution in [0.4, 0.5) is 10.5 Å². The van der Waals surface area contributed by atoms with Crippen molar-refractivity contribution in [1.29, 1.82) is 0 Å². The zero-order valence-corrected chi connectivity index (χ0v) is 30.5. The lowest BCUT2D eigenvalue weighted by molar-refractivity contribution is -0.0907. The maximum atomic E-state index is 13.8. The average Bonchev–Trinajstić information content (AvgIpc) is 3.68. The summed E-state index contributed by atoms with van der Waals surface area (Å²) in [6, 6.07) is 12.2. The van der Waals surface area contributed by atoms with Crippen LogP contribution in [0.2, 0.25) is 0 Å². The number of nitrogens with zero attached hydrogens (tertiary/aromatic N) is 1. The number of methoxy groups -OCH3 is 1. The Morgan fingerprint density at radius 2 is 1.71 bits per heavy atom. The summed E-state index contributed by atoms with van der Waals surface area (Å²) in [5.74, 6) is 0.373. The number of ether oxygens (including phenoxy) is 4. The summed E-state index contributed by atoms with van der Waals surface area (Å²) in [6.45, 7) is 8.37. The van der Waals surface area contributed by atoms with E-state index in [1.54, 1.807) is 50.2 Å². The number of sulfonamides is 1. The highest BCUT2D eigenvalue weighted by Gasteiger charge is 2.44. The minimum absolute atomic E-state index is 0.0282. The van der Waals surface area contributed by atoms with Crippen LogP contribution in [-0.2, 0) is 44.0 Å². The van der Waals surface area contributed by atoms with Gasteiger partial charge in [0.1, 0.15) is 11.9 Å². The largest absolute Gasteiger partial charge is 0.497 e. The fourth-order valence-corrected chi connectivity index (χ4v) is 9.09. The van der Waals surface area contributed by atoms with Crippen molar-refractivity contribution in [2.45, 2.75) is 69.7 Å². The number of anilines is 1. The summed E-state index contributed by atoms with van der Waals surface area (Å²) in [5, 5.41) is 17.5. The highest BCUT2D eigenvalue weighted by Crippen LogP contribution is 2.51. The number of benzene rings is 2. The molecule has 0 aliphatic carbocycles. The van der Waals surface area contributed by atoms with E-state index in [-0.39, 0.29) is 62.3 Å². The molecule has 0 radical (unpaired) electrons. The Labute approximate surface area is 289 Å². The van der Waals surface area contributed by atoms with Gasteiger partial charge >= 0.3 is 13.7 Å². The second-order valence-corrected chi connectivity index (χ2v) is 16.4. The average molecular weight is 728 g/mol. The van der Waals surface area contributed by atoms with Crippen molar-refractivity contribution < 1.29 is 50.9 Å². The lowest BCUT2D eigenvalue weighted by Crippen LogP contribution is -2.53. The molecule has 0 spiro atoms. The van der Waals surface area contributed by atoms with E-state index >= 15 is 0 Å². The molecular weight excluding hydrogens is 677 g/mol. The van der Waals surface area contributed by atoms with Gasteiger partial charge in [-0.05, 0) is 68.1 Å². The summed E-state index contributed by atoms with van der Waals surface area (Å²) in [5.41, 5.74) is 1.40. The van der Waals surface area contributed by atoms with Crippen molar-refractivity contribution in [3.63, 3.8) is 0 Å². The van der Waals surface area contributed by atoms with Gasteiger partial charge in [-0.1, -0.05) is 26.0 Å². The quantitative estimate of drug-likeness (QED) is 0.174. The van der Waals surface area contributed by atoms with Crippen LogP contribution < -0.4 is 15.4 Å². The molecule has 14 nitrogen and oxygen atoms in total. The molecular formula is C33H50N3O11PS. The van der Waals surface area contributed by atoms with Crippen LogP contribution in [0.3, 0.4) is 0 Å². The Balaban J connectivity index is 1.50. The van der Waals surface area contributed by atoms with Gasteiger partial charge in [0.05, 0.1) is 62.7 Å². The molecule has 49 heavy (non-hydrogen) atoms. The smallest absolute Gasteiger partial charge is 0.407 e. The monoisotopic (exact) mass is 727 g/mol. The summed E-state index contributed by atoms with van der Waals surface area (Å²) >= 11 is 0. The number of carbonyl (C=O) groups is 1. The third-order valence-corrected chi connectivity index (χ3v) is 12.1. The zero-order chi connectivity index (χ0) is 35.6. The van der Waals surface area contributed by atoms with Crippen molar-refractivity contribution in [2.75, 3.05) is 58.5 Å². The van der Waals surface area contributed by atoms with Crippen molar-refractivity contribution >= 4 is 29.4 Å². The first-order valence-corrected chi connectivity index (χ1v) is 19.8. The normalized spacial score (nSPS) is 20.6. The third-order valence-electron chi connectivity index (χ3n) is 8.18. The number of carbonyl (C=O) groups excluding carboxylic acids is 1. The van der Waals surface area contributed by atoms with Gasteiger partial charge in [-0.25, -0.2) is 13.2 Å². The number of aliphatic hydroxyl groups is 1. The minimum Gasteiger partial charge on any atom is -0.497 e. The van der Waals surface area contributed by atoms with Crippen molar-refractivity contribution in [3.8, 4) is 5.75 Å². The van der Waals surface area contributed by atoms with Crippen LogP contribution in [0.1, 0.15) is 39.7 Å². The van der Waals surface area contributed by atoms with Crippen LogP contribution in [0.25, 0.3) is 0 Å². The van der Waals surface area contributed by atoms with E-state index in [4.69, 9.17) is 28.0 Å². The van der Waals surface area contributed by atoms with Crippen molar-refractivity contribution in [1.82, 2.24) is 9.62 Å². The molecule has 3 N–H and O–H groups in total. The number of hydrogen-bond acceptors (Lipinski definition) is 12. The van der Waals surface area contributed by atoms with E-state index in [1.807, 2.05) is 13.8 Å². The number of fused-ring (bicyclic) bond motifs is 1. The molecule has 2 aliphatic rings. The molecule has 4 rings (SSSR count). The van der Waals surface area contributed by atoms with Crippen molar-refractivity contribution in [3.05, 3.63) is 54.1 Å². The summed E-state index contributed by atoms with van der Waals surface area (Å²) in [7, 11) is -5.82. The van der Waals surface area contributed by atoms with Crippen LogP contribution in [0, 0.1) is 11.8 Å². The highest BCUT2D eigenvalue weighted by molar-refractivity contribution is 7.89. The predicted octanol–water partition coefficient (Wildman–Crippen LogP) is 4.44. The first-order valence-electron chi connectivity index (χ1n) is 16.6. The van der Waals surface area contributed by atoms with Gasteiger partial charge in [-0.3, -0.25) is 4.57 Å². The molecule has 1 amide bonds. The Morgan fingerprint density at radius 3 is 2.33 bits per heavy atom. The van der Waals surface area contributed by atoms with Crippen LogP contribution in [0.5, 0.6) is 5.75 Å². The van der Waals surface area contributed by atoms with Gasteiger partial charge in [0.25, 0.3) is 0 Å². The topological polar surface area (TPSA) is 171 Å². The Hall–Kier alpha value is -2.75. The van der Waals surface area contributed by atoms with E-state index < -0.39 is 48.3 Å². The van der Waals surface area contributed by atoms with E-state index in [0.717, 1.165) is 5.56 Å². The summed E-state index contributed by atoms with van der Waals surface area (Å²) < 4.78 is 74.5. The van der Waals surface area contributed by atoms with Crippen molar-refractivity contribution in [2.24, 2.45) is 11.8 Å². The summed E-state index contributed by atoms with van der Waals surface area (Å²) in [6.07, 6.45) is -2.22. The molecule has 2 saturated heterocycles. The van der Waals surface area contributed by atoms with Crippen LogP contribution in [-0.4, -0.2) is 102 Å². The molecule has 16 heteroatoms. The maximum absolute atomic E-state index is 13.8. The lowest BCUT2D eigenvalue weighted by Gasteiger charge is -2.31. The minimum atomic E-state index is -4.02. The van der Waals surface area contributed by atoms with Gasteiger partial charge in [0.2, 0.25) is 10.0 Å². The molecule has 0 unspecified atom stereocenters. The number of alkyl carbamates (subject to hydrolysis) is 1. The number of amides is 1. The van der Waals surface area contributed by atoms with Gasteiger partial charge in [-0.2, -0.15) is 4.31 Å². The number of nitrogens with one attached hydrogen (secondary N) is 2. The van der Waals surface area contributed by atoms with E-state index in [1.165, 1.54) is 23.5 Å². The first kappa shape index (κ1) is 39.0. The van der Waals surface area contributed by atoms with E-state index in [9.17, 15) is 22.9 Å². The number of rotatable bonds is 19. The van der Waals surface area contributed by atoms with Gasteiger partial charge in [0, 0.05) is 25.3 Å². The van der Waals surface area contributed by atoms with Gasteiger partial charge < -0.3 is 43.7 Å². The molecule has 2 heterocycles. The summed E-state index contributed by atoms with van der Waals surface area (Å²) in [4.78, 5) is 13.2. The van der Waals surface area contributed by atoms with E-state index in [2.05, 4.69) is 10.6 Å². The van der Waals surface area contributed by atoms with Crippen LogP contribution in [0.15, 0.2) is 53.4 Å². The van der Waals surface area contributed by atoms with Gasteiger partial charge in [-0.15, -0.1) is 0 Å². The molecule has 2 aromatic carbocycles. The maximum Gasteiger partial charge on any atom is 0.407 e. The SMILES string of the molecule is CCOP(=O)(Cc1ccc(NC[C@H](NC(=O)O[C@H]2CO[C@H]3OCC[C@H]32)[C@H](O)CN(CC(C)C)S(=O)(=O)c2ccc(OC)cc2)cc1)OCC. The molecule has 2 fully saturated rings. The second kappa shape index (κ2) is 18.0. The fourth-order valence-electron chi connectivity index (χ4n) is 5.77. The lowest BCUT2D eigenvalue weighted by atomic mass is 10.0. The molecule has 0 saturated carbocycles. The zero-order valence-electron chi connectivity index (χ0n) is 28.8. The third kappa shape index (κ3) is 10.9. The van der Waals surface area contributed by atoms with Crippen LogP contribution >= 0.6 is 7.60 Å². The van der Waals surface area contributed by atoms with Gasteiger partial charge in [0.15, 0.2) is 6.29 Å².